The van der Waals surface area contributed by atoms with E-state index in [1.165, 1.54) is 12.1 Å². The standard InChI is InChI=1S/C12H15NO6S3.Na/c1-9(11(14)13-7-8-21(15,16)17)22(18,19)12(20)10-5-3-2-4-6-10;/h2-6,9H,7-8H2,1H3,(H,13,14)(H,15,16,17);/q;+1/p-1. The summed E-state index contributed by atoms with van der Waals surface area (Å²) in [6.45, 7) is 0.689. The van der Waals surface area contributed by atoms with Crippen molar-refractivity contribution >= 4 is 42.3 Å². The molecule has 0 aromatic heterocycles. The molecule has 1 amide bonds. The van der Waals surface area contributed by atoms with E-state index in [-0.39, 0.29) is 33.8 Å². The minimum absolute atomic E-state index is 0. The van der Waals surface area contributed by atoms with Crippen LogP contribution in [0.1, 0.15) is 12.5 Å². The van der Waals surface area contributed by atoms with Crippen molar-refractivity contribution in [1.82, 2.24) is 5.32 Å². The number of amides is 1. The zero-order chi connectivity index (χ0) is 17.0. The number of benzene rings is 1. The van der Waals surface area contributed by atoms with Crippen molar-refractivity contribution in [3.63, 3.8) is 0 Å². The van der Waals surface area contributed by atoms with E-state index in [0.29, 0.717) is 5.56 Å². The average molecular weight is 387 g/mol. The number of nitrogens with one attached hydrogen (secondary N) is 1. The summed E-state index contributed by atoms with van der Waals surface area (Å²) in [4.78, 5) is 11.8. The fourth-order valence-electron chi connectivity index (χ4n) is 1.48. The minimum atomic E-state index is -4.48. The van der Waals surface area contributed by atoms with Gasteiger partial charge in [0.2, 0.25) is 15.7 Å². The topological polar surface area (TPSA) is 120 Å². The molecule has 0 radical (unpaired) electrons. The van der Waals surface area contributed by atoms with E-state index in [1.54, 1.807) is 18.2 Å². The molecule has 1 atom stereocenters. The minimum Gasteiger partial charge on any atom is -0.748 e. The van der Waals surface area contributed by atoms with E-state index < -0.39 is 43.4 Å². The summed E-state index contributed by atoms with van der Waals surface area (Å²) < 4.78 is 55.4. The van der Waals surface area contributed by atoms with Crippen LogP contribution in [0.2, 0.25) is 0 Å². The van der Waals surface area contributed by atoms with Crippen LogP contribution in [0.25, 0.3) is 0 Å². The van der Waals surface area contributed by atoms with Crippen molar-refractivity contribution in [2.24, 2.45) is 0 Å². The first-order chi connectivity index (χ1) is 10.1. The van der Waals surface area contributed by atoms with Crippen LogP contribution in [0.5, 0.6) is 0 Å². The normalized spacial score (nSPS) is 12.8. The number of hydrogen-bond acceptors (Lipinski definition) is 7. The Labute approximate surface area is 162 Å². The Morgan fingerprint density at radius 2 is 1.74 bits per heavy atom. The van der Waals surface area contributed by atoms with Gasteiger partial charge in [0.25, 0.3) is 0 Å². The Hall–Kier alpha value is -0.360. The fourth-order valence-corrected chi connectivity index (χ4v) is 3.55. The molecule has 1 N–H and O–H groups in total. The maximum Gasteiger partial charge on any atom is 1.00 e. The van der Waals surface area contributed by atoms with Crippen LogP contribution in [-0.4, -0.2) is 49.0 Å². The van der Waals surface area contributed by atoms with Gasteiger partial charge in [-0.05, 0) is 6.92 Å². The van der Waals surface area contributed by atoms with Gasteiger partial charge in [0.1, 0.15) is 9.45 Å². The van der Waals surface area contributed by atoms with Crippen molar-refractivity contribution in [2.75, 3.05) is 12.3 Å². The Balaban J connectivity index is 0.00000484. The third kappa shape index (κ3) is 6.96. The van der Waals surface area contributed by atoms with Gasteiger partial charge < -0.3 is 9.87 Å². The molecule has 1 aromatic rings. The molecule has 1 rings (SSSR count). The Morgan fingerprint density at radius 1 is 1.22 bits per heavy atom. The monoisotopic (exact) mass is 387 g/mol. The van der Waals surface area contributed by atoms with Gasteiger partial charge in [0.05, 0.1) is 15.9 Å². The molecule has 0 aliphatic carbocycles. The molecule has 11 heteroatoms. The van der Waals surface area contributed by atoms with E-state index in [2.05, 4.69) is 5.32 Å². The average Bonchev–Trinajstić information content (AvgIpc) is 2.45. The van der Waals surface area contributed by atoms with E-state index in [1.807, 2.05) is 0 Å². The molecule has 0 saturated heterocycles. The van der Waals surface area contributed by atoms with Crippen LogP contribution in [0.3, 0.4) is 0 Å². The largest absolute Gasteiger partial charge is 1.00 e. The molecule has 0 saturated carbocycles. The summed E-state index contributed by atoms with van der Waals surface area (Å²) in [6, 6.07) is 7.93. The smallest absolute Gasteiger partial charge is 0.748 e. The molecule has 0 aliphatic rings. The third-order valence-electron chi connectivity index (χ3n) is 2.75. The van der Waals surface area contributed by atoms with E-state index in [9.17, 15) is 26.2 Å². The second kappa shape index (κ2) is 9.21. The summed E-state index contributed by atoms with van der Waals surface area (Å²) >= 11 is 4.91. The fraction of sp³-hybridized carbons (Fsp3) is 0.333. The first kappa shape index (κ1) is 22.6. The molecule has 23 heavy (non-hydrogen) atoms. The van der Waals surface area contributed by atoms with Crippen molar-refractivity contribution in [1.29, 1.82) is 0 Å². The molecule has 1 unspecified atom stereocenters. The van der Waals surface area contributed by atoms with Gasteiger partial charge in [0.15, 0.2) is 0 Å². The number of carbonyl (C=O) groups excluding carboxylic acids is 1. The predicted octanol–water partition coefficient (Wildman–Crippen LogP) is -3.17. The second-order valence-corrected chi connectivity index (χ2v) is 8.79. The van der Waals surface area contributed by atoms with Crippen molar-refractivity contribution in [3.05, 3.63) is 35.9 Å². The van der Waals surface area contributed by atoms with Crippen LogP contribution in [0.15, 0.2) is 30.3 Å². The predicted molar refractivity (Wildman–Crippen MR) is 84.1 cm³/mol. The molecule has 0 spiro atoms. The van der Waals surface area contributed by atoms with E-state index in [0.717, 1.165) is 6.92 Å². The van der Waals surface area contributed by atoms with Gasteiger partial charge in [-0.3, -0.25) is 4.79 Å². The summed E-state index contributed by atoms with van der Waals surface area (Å²) in [6.07, 6.45) is 0. The summed E-state index contributed by atoms with van der Waals surface area (Å²) in [5, 5.41) is 0.603. The maximum absolute atomic E-state index is 12.3. The van der Waals surface area contributed by atoms with Crippen molar-refractivity contribution in [3.8, 4) is 0 Å². The van der Waals surface area contributed by atoms with Gasteiger partial charge in [-0.1, -0.05) is 42.5 Å². The van der Waals surface area contributed by atoms with Gasteiger partial charge in [-0.2, -0.15) is 0 Å². The number of thiocarbonyl (C=S) groups is 1. The summed E-state index contributed by atoms with van der Waals surface area (Å²) in [7, 11) is -8.55. The molecular formula is C12H14NNaO6S3. The second-order valence-electron chi connectivity index (χ2n) is 4.39. The van der Waals surface area contributed by atoms with Gasteiger partial charge >= 0.3 is 29.6 Å². The van der Waals surface area contributed by atoms with Gasteiger partial charge in [0, 0.05) is 12.1 Å². The third-order valence-corrected chi connectivity index (χ3v) is 6.29. The molecule has 0 fully saturated rings. The van der Waals surface area contributed by atoms with Crippen LogP contribution < -0.4 is 34.9 Å². The number of hydrogen-bond donors (Lipinski definition) is 1. The molecular weight excluding hydrogens is 373 g/mol. The zero-order valence-corrected chi connectivity index (χ0v) is 17.0. The zero-order valence-electron chi connectivity index (χ0n) is 12.6. The maximum atomic E-state index is 12.3. The van der Waals surface area contributed by atoms with Crippen LogP contribution in [0.4, 0.5) is 0 Å². The molecule has 0 aliphatic heterocycles. The van der Waals surface area contributed by atoms with Gasteiger partial charge in [-0.15, -0.1) is 0 Å². The SMILES string of the molecule is CC(C(=O)NCCS(=O)(=O)[O-])S(=O)(=O)C(=S)c1ccccc1.[Na+]. The molecule has 7 nitrogen and oxygen atoms in total. The first-order valence-electron chi connectivity index (χ1n) is 6.10. The first-order valence-corrected chi connectivity index (χ1v) is 9.63. The molecule has 122 valence electrons. The molecule has 0 heterocycles. The summed E-state index contributed by atoms with van der Waals surface area (Å²) in [5.74, 6) is -1.73. The van der Waals surface area contributed by atoms with E-state index in [4.69, 9.17) is 12.2 Å². The van der Waals surface area contributed by atoms with Crippen LogP contribution in [-0.2, 0) is 24.7 Å². The quantitative estimate of drug-likeness (QED) is 0.311. The van der Waals surface area contributed by atoms with Crippen LogP contribution in [0, 0.1) is 0 Å². The number of sulfone groups is 1. The van der Waals surface area contributed by atoms with Gasteiger partial charge in [-0.25, -0.2) is 16.8 Å². The van der Waals surface area contributed by atoms with Crippen LogP contribution >= 0.6 is 12.2 Å². The molecule has 1 aromatic carbocycles. The van der Waals surface area contributed by atoms with E-state index >= 15 is 0 Å². The van der Waals surface area contributed by atoms with Crippen molar-refractivity contribution < 1.29 is 55.7 Å². The number of rotatable bonds is 6. The Bertz CT molecular complexity index is 761. The Morgan fingerprint density at radius 3 is 2.22 bits per heavy atom. The molecule has 0 bridgehead atoms. The Kier molecular flexibility index (Phi) is 9.06. The summed E-state index contributed by atoms with van der Waals surface area (Å²) in [5.41, 5.74) is 0.291. The number of carbonyl (C=O) groups is 1. The van der Waals surface area contributed by atoms with Crippen molar-refractivity contribution in [2.45, 2.75) is 12.2 Å².